The lowest BCUT2D eigenvalue weighted by Gasteiger charge is -2.14. The fourth-order valence-electron chi connectivity index (χ4n) is 1.95. The molecule has 2 aromatic rings. The summed E-state index contributed by atoms with van der Waals surface area (Å²) in [5.41, 5.74) is 2.11. The van der Waals surface area contributed by atoms with Crippen molar-refractivity contribution in [3.8, 4) is 0 Å². The van der Waals surface area contributed by atoms with Gasteiger partial charge in [0.1, 0.15) is 4.21 Å². The van der Waals surface area contributed by atoms with Gasteiger partial charge in [-0.05, 0) is 36.9 Å². The number of hydrogen-bond donors (Lipinski definition) is 1. The second-order valence-corrected chi connectivity index (χ2v) is 8.74. The van der Waals surface area contributed by atoms with Crippen LogP contribution in [0.2, 0.25) is 4.34 Å². The number of nitrogens with one attached hydrogen (secondary N) is 1. The van der Waals surface area contributed by atoms with Gasteiger partial charge in [0.05, 0.1) is 4.34 Å². The minimum Gasteiger partial charge on any atom is -0.302 e. The zero-order valence-corrected chi connectivity index (χ0v) is 14.9. The van der Waals surface area contributed by atoms with Crippen molar-refractivity contribution >= 4 is 33.0 Å². The Hall–Kier alpha value is -0.920. The van der Waals surface area contributed by atoms with Crippen LogP contribution in [0.1, 0.15) is 18.1 Å². The summed E-state index contributed by atoms with van der Waals surface area (Å²) in [5, 5.41) is 0. The summed E-state index contributed by atoms with van der Waals surface area (Å²) in [4.78, 5) is 2.19. The molecule has 0 saturated heterocycles. The number of hydrogen-bond acceptors (Lipinski definition) is 4. The SMILES string of the molecule is CCN(C)Cc1cccc(CNS(=O)(=O)c2ccc(Cl)s2)c1. The summed E-state index contributed by atoms with van der Waals surface area (Å²) in [7, 11) is -1.45. The van der Waals surface area contributed by atoms with Crippen molar-refractivity contribution in [1.82, 2.24) is 9.62 Å². The maximum absolute atomic E-state index is 12.2. The average molecular weight is 359 g/mol. The van der Waals surface area contributed by atoms with Gasteiger partial charge in [-0.2, -0.15) is 0 Å². The van der Waals surface area contributed by atoms with Crippen molar-refractivity contribution in [2.75, 3.05) is 13.6 Å². The van der Waals surface area contributed by atoms with E-state index < -0.39 is 10.0 Å². The summed E-state index contributed by atoms with van der Waals surface area (Å²) in [5.74, 6) is 0. The van der Waals surface area contributed by atoms with Crippen LogP contribution in [-0.2, 0) is 23.1 Å². The maximum Gasteiger partial charge on any atom is 0.250 e. The van der Waals surface area contributed by atoms with Crippen molar-refractivity contribution < 1.29 is 8.42 Å². The Labute approximate surface area is 140 Å². The maximum atomic E-state index is 12.2. The Bertz CT molecular complexity index is 729. The van der Waals surface area contributed by atoms with E-state index in [0.717, 1.165) is 30.0 Å². The Morgan fingerprint density at radius 2 is 1.95 bits per heavy atom. The summed E-state index contributed by atoms with van der Waals surface area (Å²) < 4.78 is 27.6. The highest BCUT2D eigenvalue weighted by Gasteiger charge is 2.16. The Morgan fingerprint density at radius 3 is 2.59 bits per heavy atom. The first kappa shape index (κ1) is 17.4. The molecule has 0 aliphatic heterocycles. The predicted molar refractivity (Wildman–Crippen MR) is 91.8 cm³/mol. The van der Waals surface area contributed by atoms with Gasteiger partial charge in [0, 0.05) is 13.1 Å². The number of benzene rings is 1. The molecule has 1 aromatic heterocycles. The van der Waals surface area contributed by atoms with E-state index in [0.29, 0.717) is 4.34 Å². The normalized spacial score (nSPS) is 12.0. The standard InChI is InChI=1S/C15H19ClN2O2S2/c1-3-18(2)11-13-6-4-5-12(9-13)10-17-22(19,20)15-8-7-14(16)21-15/h4-9,17H,3,10-11H2,1-2H3. The van der Waals surface area contributed by atoms with Gasteiger partial charge >= 0.3 is 0 Å². The molecule has 0 radical (unpaired) electrons. The average Bonchev–Trinajstić information content (AvgIpc) is 2.93. The number of sulfonamides is 1. The molecule has 0 bridgehead atoms. The first-order valence-electron chi connectivity index (χ1n) is 6.92. The monoisotopic (exact) mass is 358 g/mol. The largest absolute Gasteiger partial charge is 0.302 e. The molecular formula is C15H19ClN2O2S2. The van der Waals surface area contributed by atoms with Gasteiger partial charge in [-0.25, -0.2) is 13.1 Å². The second kappa shape index (κ2) is 7.57. The van der Waals surface area contributed by atoms with Crippen LogP contribution in [0, 0.1) is 0 Å². The van der Waals surface area contributed by atoms with Crippen LogP contribution in [0.25, 0.3) is 0 Å². The molecule has 0 amide bonds. The second-order valence-electron chi connectivity index (χ2n) is 5.03. The van der Waals surface area contributed by atoms with Crippen molar-refractivity contribution in [1.29, 1.82) is 0 Å². The van der Waals surface area contributed by atoms with E-state index in [4.69, 9.17) is 11.6 Å². The molecule has 1 aromatic carbocycles. The zero-order valence-electron chi connectivity index (χ0n) is 12.5. The number of nitrogens with zero attached hydrogens (tertiary/aromatic N) is 1. The van der Waals surface area contributed by atoms with Crippen LogP contribution >= 0.6 is 22.9 Å². The summed E-state index contributed by atoms with van der Waals surface area (Å²) in [6.45, 7) is 4.18. The minimum atomic E-state index is -3.50. The van der Waals surface area contributed by atoms with Gasteiger partial charge < -0.3 is 4.90 Å². The van der Waals surface area contributed by atoms with Crippen molar-refractivity contribution in [2.24, 2.45) is 0 Å². The molecule has 0 aliphatic carbocycles. The fraction of sp³-hybridized carbons (Fsp3) is 0.333. The smallest absolute Gasteiger partial charge is 0.250 e. The molecule has 7 heteroatoms. The lowest BCUT2D eigenvalue weighted by atomic mass is 10.1. The highest BCUT2D eigenvalue weighted by atomic mass is 35.5. The van der Waals surface area contributed by atoms with Gasteiger partial charge in [0.2, 0.25) is 10.0 Å². The van der Waals surface area contributed by atoms with Gasteiger partial charge in [0.25, 0.3) is 0 Å². The first-order valence-corrected chi connectivity index (χ1v) is 9.60. The molecule has 0 atom stereocenters. The topological polar surface area (TPSA) is 49.4 Å². The Morgan fingerprint density at radius 1 is 1.23 bits per heavy atom. The van der Waals surface area contributed by atoms with E-state index in [9.17, 15) is 8.42 Å². The summed E-state index contributed by atoms with van der Waals surface area (Å²) in [6, 6.07) is 11.0. The lowest BCUT2D eigenvalue weighted by molar-refractivity contribution is 0.345. The lowest BCUT2D eigenvalue weighted by Crippen LogP contribution is -2.22. The number of halogens is 1. The van der Waals surface area contributed by atoms with E-state index >= 15 is 0 Å². The third-order valence-electron chi connectivity index (χ3n) is 3.26. The van der Waals surface area contributed by atoms with Gasteiger partial charge in [-0.3, -0.25) is 0 Å². The molecule has 0 saturated carbocycles. The van der Waals surface area contributed by atoms with Crippen molar-refractivity contribution in [2.45, 2.75) is 24.2 Å². The number of rotatable bonds is 7. The fourth-order valence-corrected chi connectivity index (χ4v) is 4.50. The van der Waals surface area contributed by atoms with Crippen LogP contribution in [0.3, 0.4) is 0 Å². The van der Waals surface area contributed by atoms with Crippen LogP contribution in [0.15, 0.2) is 40.6 Å². The molecule has 0 aliphatic rings. The van der Waals surface area contributed by atoms with Crippen LogP contribution in [0.4, 0.5) is 0 Å². The minimum absolute atomic E-state index is 0.236. The molecule has 1 N–H and O–H groups in total. The molecule has 0 unspecified atom stereocenters. The summed E-state index contributed by atoms with van der Waals surface area (Å²) in [6.07, 6.45) is 0. The van der Waals surface area contributed by atoms with E-state index in [2.05, 4.69) is 23.6 Å². The summed E-state index contributed by atoms with van der Waals surface area (Å²) >= 11 is 6.84. The molecule has 22 heavy (non-hydrogen) atoms. The predicted octanol–water partition coefficient (Wildman–Crippen LogP) is 3.33. The first-order chi connectivity index (χ1) is 10.4. The van der Waals surface area contributed by atoms with E-state index in [1.165, 1.54) is 11.6 Å². The highest BCUT2D eigenvalue weighted by molar-refractivity contribution is 7.91. The third kappa shape index (κ3) is 4.79. The molecule has 0 fully saturated rings. The number of thiophene rings is 1. The Balaban J connectivity index is 2.04. The van der Waals surface area contributed by atoms with Crippen LogP contribution in [-0.4, -0.2) is 26.9 Å². The van der Waals surface area contributed by atoms with Gasteiger partial charge in [-0.1, -0.05) is 42.8 Å². The van der Waals surface area contributed by atoms with Crippen LogP contribution in [0.5, 0.6) is 0 Å². The third-order valence-corrected chi connectivity index (χ3v) is 6.39. The quantitative estimate of drug-likeness (QED) is 0.825. The van der Waals surface area contributed by atoms with Crippen LogP contribution < -0.4 is 4.72 Å². The highest BCUT2D eigenvalue weighted by Crippen LogP contribution is 2.25. The molecule has 0 spiro atoms. The molecule has 1 heterocycles. The molecular weight excluding hydrogens is 340 g/mol. The van der Waals surface area contributed by atoms with Crippen molar-refractivity contribution in [3.63, 3.8) is 0 Å². The zero-order chi connectivity index (χ0) is 16.2. The van der Waals surface area contributed by atoms with E-state index in [-0.39, 0.29) is 10.8 Å². The van der Waals surface area contributed by atoms with E-state index in [1.807, 2.05) is 24.3 Å². The molecule has 2 rings (SSSR count). The van der Waals surface area contributed by atoms with E-state index in [1.54, 1.807) is 6.07 Å². The molecule has 120 valence electrons. The molecule has 4 nitrogen and oxygen atoms in total. The van der Waals surface area contributed by atoms with Gasteiger partial charge in [0.15, 0.2) is 0 Å². The Kier molecular flexibility index (Phi) is 6.00. The van der Waals surface area contributed by atoms with Gasteiger partial charge in [-0.15, -0.1) is 11.3 Å². The van der Waals surface area contributed by atoms with Crippen molar-refractivity contribution in [3.05, 3.63) is 51.9 Å².